The van der Waals surface area contributed by atoms with Crippen LogP contribution < -0.4 is 5.32 Å². The van der Waals surface area contributed by atoms with Crippen LogP contribution in [0, 0.1) is 11.8 Å². The van der Waals surface area contributed by atoms with Crippen LogP contribution in [0.3, 0.4) is 0 Å². The van der Waals surface area contributed by atoms with E-state index in [1.807, 2.05) is 4.68 Å². The molecule has 0 radical (unpaired) electrons. The smallest absolute Gasteiger partial charge is 0.165 e. The number of nitrogens with zero attached hydrogens (tertiary/aromatic N) is 4. The molecule has 1 fully saturated rings. The first kappa shape index (κ1) is 12.5. The molecule has 2 rings (SSSR count). The molecule has 1 aromatic rings. The van der Waals surface area contributed by atoms with E-state index in [1.54, 1.807) is 0 Å². The van der Waals surface area contributed by atoms with Gasteiger partial charge in [-0.25, -0.2) is 4.68 Å². The first-order valence-corrected chi connectivity index (χ1v) is 6.71. The molecule has 0 atom stereocenters. The molecule has 0 bridgehead atoms. The summed E-state index contributed by atoms with van der Waals surface area (Å²) in [7, 11) is 0. The average Bonchev–Trinajstić information content (AvgIpc) is 2.99. The van der Waals surface area contributed by atoms with Gasteiger partial charge >= 0.3 is 0 Å². The number of tetrazole rings is 1. The van der Waals surface area contributed by atoms with Crippen molar-refractivity contribution in [3.05, 3.63) is 5.82 Å². The van der Waals surface area contributed by atoms with E-state index in [1.165, 1.54) is 25.7 Å². The quantitative estimate of drug-likeness (QED) is 0.746. The van der Waals surface area contributed by atoms with Crippen LogP contribution in [0.15, 0.2) is 0 Å². The number of aryl methyl sites for hydroxylation is 1. The Kier molecular flexibility index (Phi) is 4.48. The molecule has 5 nitrogen and oxygen atoms in total. The summed E-state index contributed by atoms with van der Waals surface area (Å²) in [4.78, 5) is 0. The van der Waals surface area contributed by atoms with Gasteiger partial charge in [0.15, 0.2) is 5.82 Å². The Morgan fingerprint density at radius 3 is 2.94 bits per heavy atom. The van der Waals surface area contributed by atoms with Crippen molar-refractivity contribution in [1.82, 2.24) is 25.5 Å². The molecule has 1 heterocycles. The zero-order valence-corrected chi connectivity index (χ0v) is 10.9. The van der Waals surface area contributed by atoms with Crippen molar-refractivity contribution in [1.29, 1.82) is 0 Å². The van der Waals surface area contributed by atoms with Gasteiger partial charge in [0, 0.05) is 6.54 Å². The lowest BCUT2D eigenvalue weighted by Gasteiger charge is -2.07. The standard InChI is InChI=1S/C12H23N5/c1-10(2)8-13-9-12-14-15-16-17(12)7-3-4-11-5-6-11/h10-11,13H,3-9H2,1-2H3. The predicted octanol–water partition coefficient (Wildman–Crippen LogP) is 1.61. The van der Waals surface area contributed by atoms with E-state index in [-0.39, 0.29) is 0 Å². The van der Waals surface area contributed by atoms with Crippen LogP contribution in [0.25, 0.3) is 0 Å². The summed E-state index contributed by atoms with van der Waals surface area (Å²) < 4.78 is 1.94. The van der Waals surface area contributed by atoms with Gasteiger partial charge in [-0.05, 0) is 41.6 Å². The summed E-state index contributed by atoms with van der Waals surface area (Å²) >= 11 is 0. The third-order valence-electron chi connectivity index (χ3n) is 3.12. The molecule has 5 heteroatoms. The van der Waals surface area contributed by atoms with Crippen molar-refractivity contribution in [2.45, 2.75) is 52.6 Å². The predicted molar refractivity (Wildman–Crippen MR) is 66.3 cm³/mol. The molecular formula is C12H23N5. The summed E-state index contributed by atoms with van der Waals surface area (Å²) in [6, 6.07) is 0. The first-order chi connectivity index (χ1) is 8.25. The summed E-state index contributed by atoms with van der Waals surface area (Å²) in [5.74, 6) is 2.62. The number of nitrogens with one attached hydrogen (secondary N) is 1. The Balaban J connectivity index is 1.70. The molecule has 96 valence electrons. The van der Waals surface area contributed by atoms with Crippen molar-refractivity contribution in [2.75, 3.05) is 6.54 Å². The maximum Gasteiger partial charge on any atom is 0.165 e. The summed E-state index contributed by atoms with van der Waals surface area (Å²) in [6.07, 6.45) is 5.39. The highest BCUT2D eigenvalue weighted by Crippen LogP contribution is 2.33. The molecule has 1 aliphatic carbocycles. The van der Waals surface area contributed by atoms with Crippen LogP contribution >= 0.6 is 0 Å². The Bertz CT molecular complexity index is 307. The Labute approximate surface area is 103 Å². The fourth-order valence-corrected chi connectivity index (χ4v) is 1.93. The second kappa shape index (κ2) is 6.10. The molecule has 17 heavy (non-hydrogen) atoms. The maximum absolute atomic E-state index is 4.07. The van der Waals surface area contributed by atoms with Crippen LogP contribution in [0.1, 0.15) is 45.4 Å². The number of hydrogen-bond acceptors (Lipinski definition) is 4. The van der Waals surface area contributed by atoms with Crippen molar-refractivity contribution in [3.8, 4) is 0 Å². The Morgan fingerprint density at radius 1 is 1.41 bits per heavy atom. The first-order valence-electron chi connectivity index (χ1n) is 6.71. The van der Waals surface area contributed by atoms with E-state index in [2.05, 4.69) is 34.7 Å². The fraction of sp³-hybridized carbons (Fsp3) is 0.917. The second-order valence-corrected chi connectivity index (χ2v) is 5.43. The van der Waals surface area contributed by atoms with E-state index in [4.69, 9.17) is 0 Å². The van der Waals surface area contributed by atoms with E-state index in [0.717, 1.165) is 31.4 Å². The minimum absolute atomic E-state index is 0.661. The van der Waals surface area contributed by atoms with Crippen LogP contribution in [-0.2, 0) is 13.1 Å². The zero-order valence-electron chi connectivity index (χ0n) is 10.9. The lowest BCUT2D eigenvalue weighted by Crippen LogP contribution is -2.21. The third-order valence-corrected chi connectivity index (χ3v) is 3.12. The Morgan fingerprint density at radius 2 is 2.24 bits per heavy atom. The topological polar surface area (TPSA) is 55.6 Å². The van der Waals surface area contributed by atoms with Gasteiger partial charge in [0.05, 0.1) is 6.54 Å². The highest BCUT2D eigenvalue weighted by molar-refractivity contribution is 4.80. The van der Waals surface area contributed by atoms with E-state index >= 15 is 0 Å². The number of hydrogen-bond donors (Lipinski definition) is 1. The number of aromatic nitrogens is 4. The molecule has 0 aromatic carbocycles. The van der Waals surface area contributed by atoms with Crippen LogP contribution in [0.4, 0.5) is 0 Å². The monoisotopic (exact) mass is 237 g/mol. The Hall–Kier alpha value is -0.970. The van der Waals surface area contributed by atoms with Crippen molar-refractivity contribution in [3.63, 3.8) is 0 Å². The second-order valence-electron chi connectivity index (χ2n) is 5.43. The van der Waals surface area contributed by atoms with E-state index in [0.29, 0.717) is 5.92 Å². The number of rotatable bonds is 8. The lowest BCUT2D eigenvalue weighted by atomic mass is 10.2. The van der Waals surface area contributed by atoms with Gasteiger partial charge in [-0.3, -0.25) is 0 Å². The minimum atomic E-state index is 0.661. The van der Waals surface area contributed by atoms with Gasteiger partial charge in [0.1, 0.15) is 0 Å². The molecule has 1 saturated carbocycles. The molecule has 0 spiro atoms. The molecule has 1 N–H and O–H groups in total. The molecule has 0 aliphatic heterocycles. The third kappa shape index (κ3) is 4.42. The molecule has 1 aromatic heterocycles. The molecular weight excluding hydrogens is 214 g/mol. The minimum Gasteiger partial charge on any atom is -0.310 e. The van der Waals surface area contributed by atoms with Gasteiger partial charge < -0.3 is 5.32 Å². The summed E-state index contributed by atoms with van der Waals surface area (Å²) in [6.45, 7) is 7.14. The van der Waals surface area contributed by atoms with Gasteiger partial charge in [-0.1, -0.05) is 26.7 Å². The molecule has 0 saturated heterocycles. The van der Waals surface area contributed by atoms with E-state index < -0.39 is 0 Å². The lowest BCUT2D eigenvalue weighted by molar-refractivity contribution is 0.484. The van der Waals surface area contributed by atoms with Gasteiger partial charge in [0.2, 0.25) is 0 Å². The van der Waals surface area contributed by atoms with Gasteiger partial charge in [0.25, 0.3) is 0 Å². The summed E-state index contributed by atoms with van der Waals surface area (Å²) in [5, 5.41) is 15.2. The van der Waals surface area contributed by atoms with Crippen molar-refractivity contribution in [2.24, 2.45) is 11.8 Å². The fourth-order valence-electron chi connectivity index (χ4n) is 1.93. The summed E-state index contributed by atoms with van der Waals surface area (Å²) in [5.41, 5.74) is 0. The van der Waals surface area contributed by atoms with Crippen LogP contribution in [-0.4, -0.2) is 26.8 Å². The van der Waals surface area contributed by atoms with Gasteiger partial charge in [-0.2, -0.15) is 0 Å². The molecule has 0 amide bonds. The van der Waals surface area contributed by atoms with Crippen LogP contribution in [0.5, 0.6) is 0 Å². The average molecular weight is 237 g/mol. The largest absolute Gasteiger partial charge is 0.310 e. The SMILES string of the molecule is CC(C)CNCc1nnnn1CCCC1CC1. The van der Waals surface area contributed by atoms with E-state index in [9.17, 15) is 0 Å². The maximum atomic E-state index is 4.07. The normalized spacial score (nSPS) is 15.7. The van der Waals surface area contributed by atoms with Crippen LogP contribution in [0.2, 0.25) is 0 Å². The van der Waals surface area contributed by atoms with Gasteiger partial charge in [-0.15, -0.1) is 5.10 Å². The van der Waals surface area contributed by atoms with Crippen molar-refractivity contribution >= 4 is 0 Å². The molecule has 1 aliphatic rings. The highest BCUT2D eigenvalue weighted by atomic mass is 15.5. The molecule has 0 unspecified atom stereocenters. The van der Waals surface area contributed by atoms with Crippen molar-refractivity contribution < 1.29 is 0 Å². The highest BCUT2D eigenvalue weighted by Gasteiger charge is 2.20. The zero-order chi connectivity index (χ0) is 12.1.